The molecule has 35 heavy (non-hydrogen) atoms. The normalized spacial score (nSPS) is 22.7. The van der Waals surface area contributed by atoms with Gasteiger partial charge in [-0.2, -0.15) is 4.98 Å². The van der Waals surface area contributed by atoms with Crippen molar-refractivity contribution in [2.75, 3.05) is 43.5 Å². The van der Waals surface area contributed by atoms with Crippen LogP contribution in [0.25, 0.3) is 0 Å². The zero-order valence-corrected chi connectivity index (χ0v) is 21.0. The van der Waals surface area contributed by atoms with Crippen LogP contribution in [0.15, 0.2) is 30.5 Å². The summed E-state index contributed by atoms with van der Waals surface area (Å²) >= 11 is 0. The molecule has 9 nitrogen and oxygen atoms in total. The first-order valence-electron chi connectivity index (χ1n) is 12.0. The summed E-state index contributed by atoms with van der Waals surface area (Å²) in [5.74, 6) is 0.394. The molecule has 0 bridgehead atoms. The minimum absolute atomic E-state index is 0.0582. The Morgan fingerprint density at radius 2 is 2.06 bits per heavy atom. The molecule has 2 saturated heterocycles. The third-order valence-electron chi connectivity index (χ3n) is 7.06. The Morgan fingerprint density at radius 3 is 2.74 bits per heavy atom. The van der Waals surface area contributed by atoms with Crippen LogP contribution < -0.4 is 10.2 Å². The number of nitrogens with one attached hydrogen (secondary N) is 1. The van der Waals surface area contributed by atoms with Gasteiger partial charge in [-0.05, 0) is 52.4 Å². The lowest BCUT2D eigenvalue weighted by Crippen LogP contribution is -2.57. The number of aliphatic hydroxyl groups is 1. The van der Waals surface area contributed by atoms with E-state index >= 15 is 4.39 Å². The first-order valence-corrected chi connectivity index (χ1v) is 12.0. The van der Waals surface area contributed by atoms with Crippen LogP contribution in [0.5, 0.6) is 0 Å². The van der Waals surface area contributed by atoms with Crippen molar-refractivity contribution in [3.63, 3.8) is 0 Å². The fraction of sp³-hybridized carbons (Fsp3) is 0.560. The quantitative estimate of drug-likeness (QED) is 0.617. The highest BCUT2D eigenvalue weighted by atomic mass is 19.1. The number of carbonyl (C=O) groups is 1. The van der Waals surface area contributed by atoms with E-state index in [0.29, 0.717) is 23.9 Å². The van der Waals surface area contributed by atoms with Crippen LogP contribution in [-0.4, -0.2) is 81.9 Å². The first kappa shape index (κ1) is 25.3. The molecular formula is C25H35FN6O3. The number of rotatable bonds is 7. The van der Waals surface area contributed by atoms with Gasteiger partial charge in [-0.1, -0.05) is 12.1 Å². The molecule has 0 aliphatic carbocycles. The predicted molar refractivity (Wildman–Crippen MR) is 132 cm³/mol. The smallest absolute Gasteiger partial charge is 0.416 e. The number of amides is 1. The molecule has 1 unspecified atom stereocenters. The van der Waals surface area contributed by atoms with Crippen LogP contribution in [0.4, 0.5) is 21.0 Å². The zero-order valence-electron chi connectivity index (χ0n) is 21.0. The van der Waals surface area contributed by atoms with Gasteiger partial charge >= 0.3 is 6.09 Å². The summed E-state index contributed by atoms with van der Waals surface area (Å²) in [7, 11) is 2.13. The fourth-order valence-corrected chi connectivity index (χ4v) is 4.56. The molecule has 2 aliphatic heterocycles. The van der Waals surface area contributed by atoms with Gasteiger partial charge in [0, 0.05) is 43.5 Å². The third kappa shape index (κ3) is 5.55. The topological polar surface area (TPSA) is 94.1 Å². The van der Waals surface area contributed by atoms with E-state index in [2.05, 4.69) is 46.0 Å². The highest BCUT2D eigenvalue weighted by molar-refractivity contribution is 5.89. The second kappa shape index (κ2) is 10.0. The molecule has 2 N–H and O–H groups in total. The number of cyclic esters (lactones) is 1. The van der Waals surface area contributed by atoms with E-state index in [9.17, 15) is 9.90 Å². The molecule has 1 aromatic carbocycles. The van der Waals surface area contributed by atoms with Gasteiger partial charge in [0.05, 0.1) is 12.1 Å². The van der Waals surface area contributed by atoms with E-state index in [1.807, 2.05) is 19.1 Å². The van der Waals surface area contributed by atoms with Crippen LogP contribution in [-0.2, 0) is 11.3 Å². The Kier molecular flexibility index (Phi) is 7.25. The molecule has 190 valence electrons. The molecule has 1 amide bonds. The number of nitrogens with zero attached hydrogens (tertiary/aromatic N) is 5. The number of piperazine rings is 1. The minimum atomic E-state index is -0.773. The van der Waals surface area contributed by atoms with Gasteiger partial charge < -0.3 is 15.2 Å². The van der Waals surface area contributed by atoms with E-state index in [1.54, 1.807) is 19.1 Å². The van der Waals surface area contributed by atoms with Crippen LogP contribution in [0.1, 0.15) is 44.9 Å². The van der Waals surface area contributed by atoms with Gasteiger partial charge in [0.25, 0.3) is 0 Å². The minimum Gasteiger partial charge on any atom is -0.447 e. The number of carbonyl (C=O) groups excluding carboxylic acids is 1. The number of hydrogen-bond acceptors (Lipinski definition) is 8. The lowest BCUT2D eigenvalue weighted by Gasteiger charge is -2.45. The molecule has 2 aromatic rings. The maximum absolute atomic E-state index is 15.0. The monoisotopic (exact) mass is 486 g/mol. The number of ether oxygens (including phenoxy) is 1. The van der Waals surface area contributed by atoms with Crippen molar-refractivity contribution in [1.29, 1.82) is 0 Å². The summed E-state index contributed by atoms with van der Waals surface area (Å²) < 4.78 is 20.1. The summed E-state index contributed by atoms with van der Waals surface area (Å²) in [6.45, 7) is 11.3. The standard InChI is InChI=1S/C25H35FN6O3/c1-16(28-23-27-9-8-22(29-23)32-21(17(2)33)14-35-24(32)34)18-6-7-19(20(26)12-18)13-31-11-10-30(5)25(3,4)15-31/h6-9,12,16-17,21,33H,10-11,13-15H2,1-5H3,(H,27,28,29)/t16-,17?,21+/m0/s1. The van der Waals surface area contributed by atoms with Crippen molar-refractivity contribution in [3.05, 3.63) is 47.4 Å². The van der Waals surface area contributed by atoms with E-state index in [4.69, 9.17) is 4.74 Å². The molecule has 0 radical (unpaired) electrons. The summed E-state index contributed by atoms with van der Waals surface area (Å²) in [4.78, 5) is 26.8. The second-order valence-corrected chi connectivity index (χ2v) is 10.2. The van der Waals surface area contributed by atoms with Gasteiger partial charge in [-0.15, -0.1) is 0 Å². The van der Waals surface area contributed by atoms with Gasteiger partial charge in [-0.25, -0.2) is 14.2 Å². The Morgan fingerprint density at radius 1 is 1.29 bits per heavy atom. The summed E-state index contributed by atoms with van der Waals surface area (Å²) in [5, 5.41) is 13.2. The number of hydrogen-bond donors (Lipinski definition) is 2. The molecule has 1 aromatic heterocycles. The van der Waals surface area contributed by atoms with Gasteiger partial charge in [-0.3, -0.25) is 14.7 Å². The van der Waals surface area contributed by atoms with Crippen LogP contribution in [0.3, 0.4) is 0 Å². The highest BCUT2D eigenvalue weighted by Gasteiger charge is 2.38. The molecule has 2 aliphatic rings. The maximum atomic E-state index is 15.0. The van der Waals surface area contributed by atoms with Crippen molar-refractivity contribution in [1.82, 2.24) is 19.8 Å². The van der Waals surface area contributed by atoms with E-state index in [0.717, 1.165) is 25.2 Å². The number of halogens is 1. The lowest BCUT2D eigenvalue weighted by molar-refractivity contribution is 0.0355. The number of likely N-dealkylation sites (N-methyl/N-ethyl adjacent to an activating group) is 1. The molecule has 3 atom stereocenters. The van der Waals surface area contributed by atoms with E-state index < -0.39 is 18.2 Å². The number of anilines is 2. The molecule has 2 fully saturated rings. The molecule has 3 heterocycles. The van der Waals surface area contributed by atoms with Gasteiger partial charge in [0.15, 0.2) is 0 Å². The number of benzene rings is 1. The maximum Gasteiger partial charge on any atom is 0.416 e. The molecule has 0 spiro atoms. The molecule has 4 rings (SSSR count). The molecule has 0 saturated carbocycles. The fourth-order valence-electron chi connectivity index (χ4n) is 4.56. The van der Waals surface area contributed by atoms with Crippen LogP contribution >= 0.6 is 0 Å². The average molecular weight is 487 g/mol. The van der Waals surface area contributed by atoms with Crippen LogP contribution in [0.2, 0.25) is 0 Å². The summed E-state index contributed by atoms with van der Waals surface area (Å²) in [6, 6.07) is 6.12. The average Bonchev–Trinajstić information content (AvgIpc) is 3.19. The molecular weight excluding hydrogens is 451 g/mol. The zero-order chi connectivity index (χ0) is 25.3. The van der Waals surface area contributed by atoms with Gasteiger partial charge in [0.2, 0.25) is 5.95 Å². The van der Waals surface area contributed by atoms with Gasteiger partial charge in [0.1, 0.15) is 24.3 Å². The number of aromatic nitrogens is 2. The van der Waals surface area contributed by atoms with Crippen molar-refractivity contribution in [3.8, 4) is 0 Å². The van der Waals surface area contributed by atoms with E-state index in [1.165, 1.54) is 11.1 Å². The Labute approximate surface area is 205 Å². The Bertz CT molecular complexity index is 1070. The van der Waals surface area contributed by atoms with Crippen molar-refractivity contribution in [2.45, 2.75) is 58.0 Å². The largest absolute Gasteiger partial charge is 0.447 e. The summed E-state index contributed by atoms with van der Waals surface area (Å²) in [5.41, 5.74) is 1.50. The predicted octanol–water partition coefficient (Wildman–Crippen LogP) is 3.02. The summed E-state index contributed by atoms with van der Waals surface area (Å²) in [6.07, 6.45) is 0.198. The van der Waals surface area contributed by atoms with Crippen molar-refractivity contribution in [2.24, 2.45) is 0 Å². The highest BCUT2D eigenvalue weighted by Crippen LogP contribution is 2.26. The van der Waals surface area contributed by atoms with Crippen molar-refractivity contribution < 1.29 is 19.0 Å². The Balaban J connectivity index is 1.43. The number of aliphatic hydroxyl groups excluding tert-OH is 1. The van der Waals surface area contributed by atoms with Crippen molar-refractivity contribution >= 4 is 17.9 Å². The SMILES string of the molecule is CC(O)[C@H]1COC(=O)N1c1ccnc(N[C@@H](C)c2ccc(CN3CCN(C)C(C)(C)C3)c(F)c2)n1. The molecule has 10 heteroatoms. The Hall–Kier alpha value is -2.82. The van der Waals surface area contributed by atoms with E-state index in [-0.39, 0.29) is 24.0 Å². The van der Waals surface area contributed by atoms with Crippen LogP contribution in [0, 0.1) is 5.82 Å². The third-order valence-corrected chi connectivity index (χ3v) is 7.06. The first-order chi connectivity index (χ1) is 16.5. The second-order valence-electron chi connectivity index (χ2n) is 10.2. The lowest BCUT2D eigenvalue weighted by atomic mass is 9.99.